The lowest BCUT2D eigenvalue weighted by Crippen LogP contribution is -2.48. The highest BCUT2D eigenvalue weighted by Gasteiger charge is 2.33. The first-order valence-electron chi connectivity index (χ1n) is 8.18. The summed E-state index contributed by atoms with van der Waals surface area (Å²) < 4.78 is 10.6. The van der Waals surface area contributed by atoms with Gasteiger partial charge in [0.1, 0.15) is 0 Å². The molecule has 1 aromatic carbocycles. The first-order chi connectivity index (χ1) is 11.0. The minimum atomic E-state index is -0.466. The van der Waals surface area contributed by atoms with Crippen molar-refractivity contribution in [2.75, 3.05) is 20.8 Å². The molecule has 1 rings (SSSR count). The Hall–Kier alpha value is -1.75. The van der Waals surface area contributed by atoms with E-state index in [-0.39, 0.29) is 11.9 Å². The molecule has 130 valence electrons. The summed E-state index contributed by atoms with van der Waals surface area (Å²) in [6.07, 6.45) is 2.21. The van der Waals surface area contributed by atoms with Crippen molar-refractivity contribution in [1.29, 1.82) is 0 Å². The summed E-state index contributed by atoms with van der Waals surface area (Å²) in [7, 11) is 3.23. The molecule has 1 amide bonds. The molecule has 0 aliphatic carbocycles. The van der Waals surface area contributed by atoms with Crippen LogP contribution < -0.4 is 20.5 Å². The molecule has 0 bridgehead atoms. The van der Waals surface area contributed by atoms with Gasteiger partial charge in [-0.3, -0.25) is 4.79 Å². The minimum absolute atomic E-state index is 0.0182. The van der Waals surface area contributed by atoms with E-state index in [4.69, 9.17) is 15.2 Å². The normalized spacial score (nSPS) is 12.6. The number of benzene rings is 1. The number of rotatable bonds is 9. The van der Waals surface area contributed by atoms with Gasteiger partial charge in [0.2, 0.25) is 5.91 Å². The first-order valence-corrected chi connectivity index (χ1v) is 8.18. The van der Waals surface area contributed by atoms with Gasteiger partial charge in [-0.05, 0) is 43.9 Å². The Morgan fingerprint density at radius 2 is 1.83 bits per heavy atom. The van der Waals surface area contributed by atoms with E-state index in [2.05, 4.69) is 5.32 Å². The predicted octanol–water partition coefficient (Wildman–Crippen LogP) is 2.52. The molecule has 3 N–H and O–H groups in total. The lowest BCUT2D eigenvalue weighted by Gasteiger charge is -2.30. The van der Waals surface area contributed by atoms with Gasteiger partial charge in [-0.2, -0.15) is 0 Å². The van der Waals surface area contributed by atoms with E-state index in [1.54, 1.807) is 14.2 Å². The third-order valence-corrected chi connectivity index (χ3v) is 4.59. The van der Waals surface area contributed by atoms with Gasteiger partial charge in [-0.1, -0.05) is 19.9 Å². The molecule has 0 saturated heterocycles. The van der Waals surface area contributed by atoms with Crippen LogP contribution in [0.15, 0.2) is 18.2 Å². The molecule has 0 aliphatic rings. The van der Waals surface area contributed by atoms with Crippen LogP contribution in [0.25, 0.3) is 0 Å². The second-order valence-electron chi connectivity index (χ2n) is 5.96. The van der Waals surface area contributed by atoms with Crippen molar-refractivity contribution in [3.8, 4) is 11.5 Å². The van der Waals surface area contributed by atoms with Gasteiger partial charge in [0.05, 0.1) is 19.6 Å². The summed E-state index contributed by atoms with van der Waals surface area (Å²) >= 11 is 0. The Morgan fingerprint density at radius 1 is 1.22 bits per heavy atom. The van der Waals surface area contributed by atoms with Crippen molar-refractivity contribution < 1.29 is 14.3 Å². The SMILES string of the molecule is CCC(CC)(CN)C(=O)NC(C)Cc1ccc(OC)c(OC)c1. The second-order valence-corrected chi connectivity index (χ2v) is 5.96. The topological polar surface area (TPSA) is 73.6 Å². The van der Waals surface area contributed by atoms with Crippen LogP contribution >= 0.6 is 0 Å². The van der Waals surface area contributed by atoms with Crippen molar-refractivity contribution in [3.63, 3.8) is 0 Å². The van der Waals surface area contributed by atoms with Crippen LogP contribution in [0.2, 0.25) is 0 Å². The molecule has 1 unspecified atom stereocenters. The average Bonchev–Trinajstić information content (AvgIpc) is 2.56. The number of nitrogens with two attached hydrogens (primary N) is 1. The number of carbonyl (C=O) groups excluding carboxylic acids is 1. The van der Waals surface area contributed by atoms with E-state index in [1.165, 1.54) is 0 Å². The number of hydrogen-bond acceptors (Lipinski definition) is 4. The lowest BCUT2D eigenvalue weighted by molar-refractivity contribution is -0.131. The summed E-state index contributed by atoms with van der Waals surface area (Å²) in [5.74, 6) is 1.44. The van der Waals surface area contributed by atoms with Gasteiger partial charge in [-0.25, -0.2) is 0 Å². The lowest BCUT2D eigenvalue weighted by atomic mass is 9.81. The second kappa shape index (κ2) is 8.77. The Balaban J connectivity index is 2.76. The molecule has 0 radical (unpaired) electrons. The Labute approximate surface area is 139 Å². The maximum absolute atomic E-state index is 12.5. The molecule has 0 spiro atoms. The molecule has 0 aromatic heterocycles. The van der Waals surface area contributed by atoms with E-state index in [0.717, 1.165) is 24.8 Å². The van der Waals surface area contributed by atoms with Crippen LogP contribution in [-0.2, 0) is 11.2 Å². The highest BCUT2D eigenvalue weighted by atomic mass is 16.5. The first kappa shape index (κ1) is 19.3. The zero-order valence-corrected chi connectivity index (χ0v) is 14.9. The van der Waals surface area contributed by atoms with E-state index in [1.807, 2.05) is 39.0 Å². The quantitative estimate of drug-likeness (QED) is 0.732. The van der Waals surface area contributed by atoms with Crippen LogP contribution in [0.3, 0.4) is 0 Å². The largest absolute Gasteiger partial charge is 0.493 e. The van der Waals surface area contributed by atoms with Crippen LogP contribution in [-0.4, -0.2) is 32.7 Å². The zero-order chi connectivity index (χ0) is 17.5. The van der Waals surface area contributed by atoms with Gasteiger partial charge in [0.25, 0.3) is 0 Å². The van der Waals surface area contributed by atoms with Crippen molar-refractivity contribution in [3.05, 3.63) is 23.8 Å². The van der Waals surface area contributed by atoms with Crippen molar-refractivity contribution in [1.82, 2.24) is 5.32 Å². The molecule has 1 aromatic rings. The standard InChI is InChI=1S/C18H30N2O3/c1-6-18(7-2,12-19)17(21)20-13(3)10-14-8-9-15(22-4)16(11-14)23-5/h8-9,11,13H,6-7,10,12,19H2,1-5H3,(H,20,21). The molecule has 0 saturated carbocycles. The van der Waals surface area contributed by atoms with E-state index in [0.29, 0.717) is 18.0 Å². The van der Waals surface area contributed by atoms with E-state index >= 15 is 0 Å². The molecule has 1 atom stereocenters. The van der Waals surface area contributed by atoms with E-state index in [9.17, 15) is 4.79 Å². The van der Waals surface area contributed by atoms with Gasteiger partial charge in [0.15, 0.2) is 11.5 Å². The molecule has 0 fully saturated rings. The maximum Gasteiger partial charge on any atom is 0.227 e. The number of amides is 1. The number of hydrogen-bond donors (Lipinski definition) is 2. The predicted molar refractivity (Wildman–Crippen MR) is 92.9 cm³/mol. The van der Waals surface area contributed by atoms with Crippen LogP contribution in [0.4, 0.5) is 0 Å². The summed E-state index contributed by atoms with van der Waals surface area (Å²) in [6, 6.07) is 5.83. The monoisotopic (exact) mass is 322 g/mol. The fraction of sp³-hybridized carbons (Fsp3) is 0.611. The van der Waals surface area contributed by atoms with Gasteiger partial charge in [0, 0.05) is 12.6 Å². The fourth-order valence-corrected chi connectivity index (χ4v) is 2.74. The molecule has 5 nitrogen and oxygen atoms in total. The molecule has 23 heavy (non-hydrogen) atoms. The van der Waals surface area contributed by atoms with Crippen LogP contribution in [0, 0.1) is 5.41 Å². The summed E-state index contributed by atoms with van der Waals surface area (Å²) in [6.45, 7) is 6.39. The Morgan fingerprint density at radius 3 is 2.30 bits per heavy atom. The summed E-state index contributed by atoms with van der Waals surface area (Å²) in [5.41, 5.74) is 6.46. The van der Waals surface area contributed by atoms with Crippen molar-refractivity contribution >= 4 is 5.91 Å². The molecular weight excluding hydrogens is 292 g/mol. The van der Waals surface area contributed by atoms with Gasteiger partial charge in [-0.15, -0.1) is 0 Å². The summed E-state index contributed by atoms with van der Waals surface area (Å²) in [4.78, 5) is 12.5. The number of nitrogens with one attached hydrogen (secondary N) is 1. The van der Waals surface area contributed by atoms with Crippen LogP contribution in [0.5, 0.6) is 11.5 Å². The number of carbonyl (C=O) groups is 1. The van der Waals surface area contributed by atoms with Crippen molar-refractivity contribution in [2.24, 2.45) is 11.1 Å². The zero-order valence-electron chi connectivity index (χ0n) is 14.9. The minimum Gasteiger partial charge on any atom is -0.493 e. The Kier molecular flexibility index (Phi) is 7.36. The highest BCUT2D eigenvalue weighted by Crippen LogP contribution is 2.28. The van der Waals surface area contributed by atoms with Gasteiger partial charge >= 0.3 is 0 Å². The smallest absolute Gasteiger partial charge is 0.227 e. The Bertz CT molecular complexity index is 505. The fourth-order valence-electron chi connectivity index (χ4n) is 2.74. The average molecular weight is 322 g/mol. The maximum atomic E-state index is 12.5. The van der Waals surface area contributed by atoms with Crippen LogP contribution in [0.1, 0.15) is 39.2 Å². The third kappa shape index (κ3) is 4.61. The molecule has 0 heterocycles. The molecule has 0 aliphatic heterocycles. The van der Waals surface area contributed by atoms with E-state index < -0.39 is 5.41 Å². The summed E-state index contributed by atoms with van der Waals surface area (Å²) in [5, 5.41) is 3.10. The number of ether oxygens (including phenoxy) is 2. The molecular formula is C18H30N2O3. The third-order valence-electron chi connectivity index (χ3n) is 4.59. The molecule has 5 heteroatoms. The number of methoxy groups -OCH3 is 2. The highest BCUT2D eigenvalue weighted by molar-refractivity contribution is 5.83. The van der Waals surface area contributed by atoms with Crippen molar-refractivity contribution in [2.45, 2.75) is 46.1 Å². The van der Waals surface area contributed by atoms with Gasteiger partial charge < -0.3 is 20.5 Å².